The number of nitro benzene ring substituents is 1. The first-order valence-corrected chi connectivity index (χ1v) is 9.63. The highest BCUT2D eigenvalue weighted by atomic mass is 16.6. The molecule has 0 spiro atoms. The number of aryl methyl sites for hydroxylation is 1. The average Bonchev–Trinajstić information content (AvgIpc) is 3.05. The molecular formula is C24H26N2O3. The quantitative estimate of drug-likeness (QED) is 0.342. The summed E-state index contributed by atoms with van der Waals surface area (Å²) in [5.41, 5.74) is 3.45. The number of non-ortho nitro benzene ring substituents is 1. The van der Waals surface area contributed by atoms with E-state index in [0.717, 1.165) is 40.6 Å². The number of benzene rings is 2. The van der Waals surface area contributed by atoms with Gasteiger partial charge < -0.3 is 9.64 Å². The normalized spacial score (nSPS) is 14.9. The number of rotatable bonds is 6. The third-order valence-corrected chi connectivity index (χ3v) is 5.40. The summed E-state index contributed by atoms with van der Waals surface area (Å²) in [5, 5.41) is 11.2. The first-order valence-electron chi connectivity index (χ1n) is 9.63. The number of fused-ring (bicyclic) bond motifs is 1. The van der Waals surface area contributed by atoms with Gasteiger partial charge in [0.2, 0.25) is 5.88 Å². The van der Waals surface area contributed by atoms with Gasteiger partial charge in [0.15, 0.2) is 5.75 Å². The lowest BCUT2D eigenvalue weighted by Crippen LogP contribution is -2.20. The lowest BCUT2D eigenvalue weighted by molar-refractivity contribution is -0.385. The Balaban J connectivity index is 1.83. The number of hydrogen-bond donors (Lipinski definition) is 0. The van der Waals surface area contributed by atoms with Crippen LogP contribution in [0.25, 0.3) is 0 Å². The molecule has 5 nitrogen and oxygen atoms in total. The third-order valence-electron chi connectivity index (χ3n) is 5.40. The fraction of sp³-hybridized carbons (Fsp3) is 0.250. The topological polar surface area (TPSA) is 55.6 Å². The van der Waals surface area contributed by atoms with Crippen molar-refractivity contribution in [3.05, 3.63) is 100.0 Å². The van der Waals surface area contributed by atoms with Crippen LogP contribution in [0.15, 0.2) is 78.7 Å². The van der Waals surface area contributed by atoms with Gasteiger partial charge in [-0.1, -0.05) is 50.8 Å². The molecule has 3 rings (SSSR count). The van der Waals surface area contributed by atoms with Gasteiger partial charge in [0.05, 0.1) is 10.6 Å². The van der Waals surface area contributed by atoms with Crippen LogP contribution in [-0.2, 0) is 5.41 Å². The number of hydrogen-bond acceptors (Lipinski definition) is 4. The van der Waals surface area contributed by atoms with E-state index in [0.29, 0.717) is 0 Å². The largest absolute Gasteiger partial charge is 0.439 e. The van der Waals surface area contributed by atoms with Gasteiger partial charge in [-0.2, -0.15) is 0 Å². The van der Waals surface area contributed by atoms with Gasteiger partial charge in [0, 0.05) is 24.1 Å². The molecule has 1 heterocycles. The lowest BCUT2D eigenvalue weighted by atomic mass is 9.76. The average molecular weight is 390 g/mol. The molecule has 0 atom stereocenters. The fourth-order valence-electron chi connectivity index (χ4n) is 3.53. The third kappa shape index (κ3) is 3.94. The van der Waals surface area contributed by atoms with Crippen molar-refractivity contribution in [1.29, 1.82) is 0 Å². The molecule has 0 bridgehead atoms. The number of nitrogens with zero attached hydrogens (tertiary/aromatic N) is 2. The molecule has 1 aliphatic heterocycles. The summed E-state index contributed by atoms with van der Waals surface area (Å²) in [7, 11) is 0. The smallest absolute Gasteiger partial charge is 0.269 e. The Morgan fingerprint density at radius 1 is 1.28 bits per heavy atom. The Morgan fingerprint density at radius 3 is 2.69 bits per heavy atom. The highest BCUT2D eigenvalue weighted by Crippen LogP contribution is 2.39. The second-order valence-corrected chi connectivity index (χ2v) is 7.58. The summed E-state index contributed by atoms with van der Waals surface area (Å²) in [4.78, 5) is 12.9. The Kier molecular flexibility index (Phi) is 5.59. The van der Waals surface area contributed by atoms with Crippen LogP contribution in [0.4, 0.5) is 11.4 Å². The highest BCUT2D eigenvalue weighted by Gasteiger charge is 2.27. The van der Waals surface area contributed by atoms with Crippen molar-refractivity contribution in [2.24, 2.45) is 0 Å². The van der Waals surface area contributed by atoms with E-state index in [1.165, 1.54) is 6.07 Å². The fourth-order valence-corrected chi connectivity index (χ4v) is 3.53. The van der Waals surface area contributed by atoms with Crippen LogP contribution in [0.2, 0.25) is 0 Å². The lowest BCUT2D eigenvalue weighted by Gasteiger charge is -2.28. The molecule has 2 aromatic carbocycles. The standard InChI is InChI=1S/C24H26N2O3/c1-6-25-21-11-7-8-12-22(21)29-23(25)13-9-10-18(3)24(4,5)20-16-19(26(27)28)15-14-17(20)2/h7-16H,3,6H2,1-2,4-5H3/b10-9+,23-13-. The van der Waals surface area contributed by atoms with E-state index >= 15 is 0 Å². The molecular weight excluding hydrogens is 364 g/mol. The molecule has 0 saturated heterocycles. The monoisotopic (exact) mass is 390 g/mol. The summed E-state index contributed by atoms with van der Waals surface area (Å²) in [6.07, 6.45) is 5.77. The molecule has 150 valence electrons. The molecule has 2 aromatic rings. The van der Waals surface area contributed by atoms with Gasteiger partial charge in [0.1, 0.15) is 0 Å². The molecule has 0 radical (unpaired) electrons. The minimum Gasteiger partial charge on any atom is -0.439 e. The second-order valence-electron chi connectivity index (χ2n) is 7.58. The van der Waals surface area contributed by atoms with Crippen molar-refractivity contribution < 1.29 is 9.66 Å². The van der Waals surface area contributed by atoms with E-state index in [1.807, 2.05) is 63.3 Å². The molecule has 1 aliphatic rings. The number of para-hydroxylation sites is 2. The van der Waals surface area contributed by atoms with Crippen LogP contribution in [0.5, 0.6) is 5.75 Å². The van der Waals surface area contributed by atoms with Crippen molar-refractivity contribution in [3.63, 3.8) is 0 Å². The predicted molar refractivity (Wildman–Crippen MR) is 117 cm³/mol. The molecule has 0 N–H and O–H groups in total. The number of allylic oxidation sites excluding steroid dienone is 4. The Morgan fingerprint density at radius 2 is 2.00 bits per heavy atom. The summed E-state index contributed by atoms with van der Waals surface area (Å²) in [6.45, 7) is 13.1. The van der Waals surface area contributed by atoms with Crippen LogP contribution in [0, 0.1) is 17.0 Å². The maximum atomic E-state index is 11.2. The van der Waals surface area contributed by atoms with Gasteiger partial charge in [-0.3, -0.25) is 10.1 Å². The van der Waals surface area contributed by atoms with Crippen LogP contribution in [0.3, 0.4) is 0 Å². The van der Waals surface area contributed by atoms with E-state index in [9.17, 15) is 10.1 Å². The molecule has 0 aliphatic carbocycles. The van der Waals surface area contributed by atoms with Crippen molar-refractivity contribution >= 4 is 11.4 Å². The molecule has 0 saturated carbocycles. The molecule has 0 fully saturated rings. The van der Waals surface area contributed by atoms with Gasteiger partial charge in [0.25, 0.3) is 5.69 Å². The Bertz CT molecular complexity index is 1020. The summed E-state index contributed by atoms with van der Waals surface area (Å²) in [6, 6.07) is 12.9. The van der Waals surface area contributed by atoms with Crippen LogP contribution < -0.4 is 9.64 Å². The van der Waals surface area contributed by atoms with Crippen molar-refractivity contribution in [2.45, 2.75) is 33.1 Å². The molecule has 5 heteroatoms. The van der Waals surface area contributed by atoms with E-state index in [2.05, 4.69) is 18.4 Å². The maximum Gasteiger partial charge on any atom is 0.269 e. The molecule has 0 amide bonds. The van der Waals surface area contributed by atoms with Crippen LogP contribution >= 0.6 is 0 Å². The van der Waals surface area contributed by atoms with Crippen LogP contribution in [0.1, 0.15) is 31.9 Å². The number of nitro groups is 1. The zero-order valence-electron chi connectivity index (χ0n) is 17.3. The summed E-state index contributed by atoms with van der Waals surface area (Å²) < 4.78 is 5.95. The van der Waals surface area contributed by atoms with Gasteiger partial charge in [-0.25, -0.2) is 0 Å². The van der Waals surface area contributed by atoms with Gasteiger partial charge in [-0.05, 0) is 48.8 Å². The molecule has 0 unspecified atom stereocenters. The first kappa shape index (κ1) is 20.4. The maximum absolute atomic E-state index is 11.2. The van der Waals surface area contributed by atoms with Gasteiger partial charge >= 0.3 is 0 Å². The number of ether oxygens (including phenoxy) is 1. The number of anilines is 1. The highest BCUT2D eigenvalue weighted by molar-refractivity contribution is 5.66. The van der Waals surface area contributed by atoms with Crippen molar-refractivity contribution in [1.82, 2.24) is 0 Å². The van der Waals surface area contributed by atoms with Crippen LogP contribution in [-0.4, -0.2) is 11.5 Å². The zero-order valence-corrected chi connectivity index (χ0v) is 17.3. The Labute approximate surface area is 171 Å². The molecule has 0 aromatic heterocycles. The van der Waals surface area contributed by atoms with Crippen molar-refractivity contribution in [3.8, 4) is 5.75 Å². The summed E-state index contributed by atoms with van der Waals surface area (Å²) in [5.74, 6) is 1.61. The van der Waals surface area contributed by atoms with E-state index in [-0.39, 0.29) is 10.6 Å². The minimum absolute atomic E-state index is 0.0910. The molecule has 29 heavy (non-hydrogen) atoms. The van der Waals surface area contributed by atoms with E-state index in [4.69, 9.17) is 4.74 Å². The Hall–Kier alpha value is -3.34. The summed E-state index contributed by atoms with van der Waals surface area (Å²) >= 11 is 0. The minimum atomic E-state index is -0.449. The van der Waals surface area contributed by atoms with Gasteiger partial charge in [-0.15, -0.1) is 0 Å². The van der Waals surface area contributed by atoms with E-state index in [1.54, 1.807) is 12.1 Å². The predicted octanol–water partition coefficient (Wildman–Crippen LogP) is 6.05. The zero-order chi connectivity index (χ0) is 21.2. The SMILES string of the molecule is C=C(/C=C/C=C1\Oc2ccccc2N1CC)C(C)(C)c1cc([N+](=O)[O-])ccc1C. The van der Waals surface area contributed by atoms with Crippen molar-refractivity contribution in [2.75, 3.05) is 11.4 Å². The second kappa shape index (κ2) is 7.95. The van der Waals surface area contributed by atoms with E-state index < -0.39 is 5.41 Å². The first-order chi connectivity index (χ1) is 13.8.